The second-order valence-corrected chi connectivity index (χ2v) is 2.54. The minimum Gasteiger partial charge on any atom is -0.207 e. The summed E-state index contributed by atoms with van der Waals surface area (Å²) in [5.74, 6) is -0.249. The lowest BCUT2D eigenvalue weighted by atomic mass is 10.2. The van der Waals surface area contributed by atoms with E-state index in [0.29, 0.717) is 5.57 Å². The molecule has 0 spiro atoms. The molecule has 0 bridgehead atoms. The van der Waals surface area contributed by atoms with Gasteiger partial charge in [0.1, 0.15) is 5.83 Å². The SMILES string of the molecule is C=C(C)/C(F)=C\C=C(C)C. The van der Waals surface area contributed by atoms with Crippen molar-refractivity contribution in [3.05, 3.63) is 35.7 Å². The van der Waals surface area contributed by atoms with Gasteiger partial charge in [0, 0.05) is 0 Å². The molecule has 0 saturated carbocycles. The average molecular weight is 140 g/mol. The van der Waals surface area contributed by atoms with E-state index in [2.05, 4.69) is 6.58 Å². The first-order chi connectivity index (χ1) is 4.54. The predicted octanol–water partition coefficient (Wildman–Crippen LogP) is 3.38. The monoisotopic (exact) mass is 140 g/mol. The maximum absolute atomic E-state index is 12.6. The second-order valence-electron chi connectivity index (χ2n) is 2.54. The third kappa shape index (κ3) is 4.07. The van der Waals surface area contributed by atoms with Crippen LogP contribution in [0.4, 0.5) is 4.39 Å². The van der Waals surface area contributed by atoms with Gasteiger partial charge in [-0.25, -0.2) is 4.39 Å². The topological polar surface area (TPSA) is 0 Å². The quantitative estimate of drug-likeness (QED) is 0.516. The first-order valence-corrected chi connectivity index (χ1v) is 3.20. The van der Waals surface area contributed by atoms with Crippen molar-refractivity contribution in [2.24, 2.45) is 0 Å². The van der Waals surface area contributed by atoms with Crippen LogP contribution in [0.5, 0.6) is 0 Å². The highest BCUT2D eigenvalue weighted by Gasteiger charge is 1.90. The van der Waals surface area contributed by atoms with Crippen molar-refractivity contribution in [2.75, 3.05) is 0 Å². The summed E-state index contributed by atoms with van der Waals surface area (Å²) in [6, 6.07) is 0. The smallest absolute Gasteiger partial charge is 0.125 e. The molecule has 0 rings (SSSR count). The maximum atomic E-state index is 12.6. The molecule has 0 amide bonds. The van der Waals surface area contributed by atoms with Crippen molar-refractivity contribution < 1.29 is 4.39 Å². The van der Waals surface area contributed by atoms with Gasteiger partial charge in [-0.2, -0.15) is 0 Å². The molecular formula is C9H13F. The molecule has 0 aliphatic rings. The molecule has 0 aliphatic heterocycles. The number of rotatable bonds is 2. The zero-order chi connectivity index (χ0) is 8.15. The Morgan fingerprint density at radius 1 is 1.20 bits per heavy atom. The summed E-state index contributed by atoms with van der Waals surface area (Å²) in [7, 11) is 0. The molecule has 0 nitrogen and oxygen atoms in total. The Hall–Kier alpha value is -0.850. The maximum Gasteiger partial charge on any atom is 0.125 e. The highest BCUT2D eigenvalue weighted by molar-refractivity contribution is 5.24. The summed E-state index contributed by atoms with van der Waals surface area (Å²) in [6.45, 7) is 8.94. The van der Waals surface area contributed by atoms with Gasteiger partial charge in [-0.05, 0) is 32.4 Å². The van der Waals surface area contributed by atoms with E-state index in [-0.39, 0.29) is 5.83 Å². The number of hydrogen-bond donors (Lipinski definition) is 0. The zero-order valence-electron chi connectivity index (χ0n) is 6.74. The Labute approximate surface area is 61.8 Å². The second kappa shape index (κ2) is 4.04. The van der Waals surface area contributed by atoms with E-state index in [1.54, 1.807) is 13.0 Å². The van der Waals surface area contributed by atoms with E-state index in [9.17, 15) is 4.39 Å². The molecule has 0 aromatic rings. The fraction of sp³-hybridized carbons (Fsp3) is 0.333. The summed E-state index contributed by atoms with van der Waals surface area (Å²) in [4.78, 5) is 0. The van der Waals surface area contributed by atoms with Crippen LogP contribution >= 0.6 is 0 Å². The van der Waals surface area contributed by atoms with E-state index in [0.717, 1.165) is 5.57 Å². The van der Waals surface area contributed by atoms with Crippen LogP contribution in [0.15, 0.2) is 35.7 Å². The minimum atomic E-state index is -0.249. The Balaban J connectivity index is 4.19. The third-order valence-electron chi connectivity index (χ3n) is 0.971. The fourth-order valence-electron chi connectivity index (χ4n) is 0.382. The molecule has 0 saturated heterocycles. The molecular weight excluding hydrogens is 127 g/mol. The lowest BCUT2D eigenvalue weighted by Crippen LogP contribution is -1.72. The summed E-state index contributed by atoms with van der Waals surface area (Å²) >= 11 is 0. The fourth-order valence-corrected chi connectivity index (χ4v) is 0.382. The van der Waals surface area contributed by atoms with Crippen molar-refractivity contribution in [3.63, 3.8) is 0 Å². The van der Waals surface area contributed by atoms with Crippen molar-refractivity contribution in [3.8, 4) is 0 Å². The van der Waals surface area contributed by atoms with Crippen molar-refractivity contribution >= 4 is 0 Å². The molecule has 0 radical (unpaired) electrons. The van der Waals surface area contributed by atoms with Gasteiger partial charge in [-0.1, -0.05) is 18.2 Å². The Morgan fingerprint density at radius 2 is 1.70 bits per heavy atom. The van der Waals surface area contributed by atoms with Crippen molar-refractivity contribution in [2.45, 2.75) is 20.8 Å². The standard InChI is InChI=1S/C9H13F/c1-7(2)5-6-9(10)8(3)4/h5-6H,3H2,1-2,4H3/b9-6+. The van der Waals surface area contributed by atoms with Crippen LogP contribution < -0.4 is 0 Å². The third-order valence-corrected chi connectivity index (χ3v) is 0.971. The van der Waals surface area contributed by atoms with E-state index >= 15 is 0 Å². The largest absolute Gasteiger partial charge is 0.207 e. The number of allylic oxidation sites excluding steroid dienone is 5. The molecule has 0 heterocycles. The minimum absolute atomic E-state index is 0.249. The molecule has 0 N–H and O–H groups in total. The van der Waals surface area contributed by atoms with Gasteiger partial charge in [0.2, 0.25) is 0 Å². The first-order valence-electron chi connectivity index (χ1n) is 3.20. The van der Waals surface area contributed by atoms with Crippen molar-refractivity contribution in [1.82, 2.24) is 0 Å². The van der Waals surface area contributed by atoms with Crippen LogP contribution in [-0.4, -0.2) is 0 Å². The van der Waals surface area contributed by atoms with Gasteiger partial charge in [-0.15, -0.1) is 0 Å². The van der Waals surface area contributed by atoms with E-state index in [4.69, 9.17) is 0 Å². The van der Waals surface area contributed by atoms with E-state index < -0.39 is 0 Å². The molecule has 0 aliphatic carbocycles. The van der Waals surface area contributed by atoms with Gasteiger partial charge in [0.05, 0.1) is 0 Å². The molecule has 0 unspecified atom stereocenters. The molecule has 1 heteroatoms. The summed E-state index contributed by atoms with van der Waals surface area (Å²) < 4.78 is 12.6. The first kappa shape index (κ1) is 9.15. The normalized spacial score (nSPS) is 11.0. The highest BCUT2D eigenvalue weighted by atomic mass is 19.1. The van der Waals surface area contributed by atoms with Crippen LogP contribution in [0.25, 0.3) is 0 Å². The van der Waals surface area contributed by atoms with Gasteiger partial charge in [0.25, 0.3) is 0 Å². The van der Waals surface area contributed by atoms with Gasteiger partial charge in [-0.3, -0.25) is 0 Å². The van der Waals surface area contributed by atoms with E-state index in [1.807, 2.05) is 13.8 Å². The highest BCUT2D eigenvalue weighted by Crippen LogP contribution is 2.07. The van der Waals surface area contributed by atoms with Gasteiger partial charge >= 0.3 is 0 Å². The molecule has 0 aromatic heterocycles. The van der Waals surface area contributed by atoms with Crippen molar-refractivity contribution in [1.29, 1.82) is 0 Å². The predicted molar refractivity (Wildman–Crippen MR) is 43.4 cm³/mol. The molecule has 0 fully saturated rings. The van der Waals surface area contributed by atoms with E-state index in [1.165, 1.54) is 6.08 Å². The summed E-state index contributed by atoms with van der Waals surface area (Å²) in [5.41, 5.74) is 1.55. The van der Waals surface area contributed by atoms with Gasteiger partial charge in [0.15, 0.2) is 0 Å². The van der Waals surface area contributed by atoms with Gasteiger partial charge < -0.3 is 0 Å². The van der Waals surface area contributed by atoms with Crippen LogP contribution in [0.3, 0.4) is 0 Å². The average Bonchev–Trinajstić information content (AvgIpc) is 1.82. The Morgan fingerprint density at radius 3 is 2.00 bits per heavy atom. The lowest BCUT2D eigenvalue weighted by Gasteiger charge is -1.90. The zero-order valence-corrected chi connectivity index (χ0v) is 6.74. The summed E-state index contributed by atoms with van der Waals surface area (Å²) in [5, 5.41) is 0. The molecule has 0 aromatic carbocycles. The van der Waals surface area contributed by atoms with Crippen LogP contribution in [-0.2, 0) is 0 Å². The Bertz CT molecular complexity index is 181. The molecule has 10 heavy (non-hydrogen) atoms. The van der Waals surface area contributed by atoms with Crippen LogP contribution in [0.2, 0.25) is 0 Å². The number of hydrogen-bond acceptors (Lipinski definition) is 0. The number of halogens is 1. The lowest BCUT2D eigenvalue weighted by molar-refractivity contribution is 0.652. The summed E-state index contributed by atoms with van der Waals surface area (Å²) in [6.07, 6.45) is 3.15. The van der Waals surface area contributed by atoms with Crippen LogP contribution in [0, 0.1) is 0 Å². The molecule has 0 atom stereocenters. The molecule has 56 valence electrons. The van der Waals surface area contributed by atoms with Crippen LogP contribution in [0.1, 0.15) is 20.8 Å². The Kier molecular flexibility index (Phi) is 3.70.